The molecule has 0 spiro atoms. The SMILES string of the molecule is NS(=O)(=O)c1ccc(CCNC(=O)C2CCN(C(=O)C3NNC4CCCCC43)CC2)cc1. The van der Waals surface area contributed by atoms with Gasteiger partial charge in [0.05, 0.1) is 4.90 Å². The van der Waals surface area contributed by atoms with Crippen molar-refractivity contribution in [3.05, 3.63) is 29.8 Å². The Balaban J connectivity index is 1.19. The lowest BCUT2D eigenvalue weighted by Gasteiger charge is -2.35. The van der Waals surface area contributed by atoms with E-state index in [1.165, 1.54) is 25.0 Å². The third-order valence-corrected chi connectivity index (χ3v) is 8.01. The second-order valence-electron chi connectivity index (χ2n) is 9.15. The second-order valence-corrected chi connectivity index (χ2v) is 10.7. The number of carbonyl (C=O) groups excluding carboxylic acids is 2. The number of nitrogens with zero attached hydrogens (tertiary/aromatic N) is 1. The van der Waals surface area contributed by atoms with Crippen LogP contribution in [0.25, 0.3) is 0 Å². The molecule has 3 fully saturated rings. The van der Waals surface area contributed by atoms with Crippen molar-refractivity contribution in [2.45, 2.75) is 61.9 Å². The van der Waals surface area contributed by atoms with Gasteiger partial charge >= 0.3 is 0 Å². The van der Waals surface area contributed by atoms with Crippen LogP contribution in [0, 0.1) is 11.8 Å². The summed E-state index contributed by atoms with van der Waals surface area (Å²) >= 11 is 0. The van der Waals surface area contributed by atoms with Crippen LogP contribution in [0.5, 0.6) is 0 Å². The van der Waals surface area contributed by atoms with Gasteiger partial charge in [0.2, 0.25) is 21.8 Å². The van der Waals surface area contributed by atoms with Gasteiger partial charge in [-0.05, 0) is 49.8 Å². The zero-order valence-electron chi connectivity index (χ0n) is 18.3. The number of sulfonamides is 1. The molecule has 0 bridgehead atoms. The van der Waals surface area contributed by atoms with E-state index in [0.717, 1.165) is 18.4 Å². The molecule has 1 saturated carbocycles. The number of primary sulfonamides is 1. The van der Waals surface area contributed by atoms with Gasteiger partial charge in [-0.2, -0.15) is 0 Å². The largest absolute Gasteiger partial charge is 0.356 e. The van der Waals surface area contributed by atoms with Gasteiger partial charge in [-0.15, -0.1) is 0 Å². The van der Waals surface area contributed by atoms with Crippen molar-refractivity contribution in [2.24, 2.45) is 17.0 Å². The number of nitrogens with two attached hydrogens (primary N) is 1. The van der Waals surface area contributed by atoms with Crippen LogP contribution in [0.2, 0.25) is 0 Å². The maximum absolute atomic E-state index is 13.0. The van der Waals surface area contributed by atoms with Crippen LogP contribution in [-0.2, 0) is 26.0 Å². The zero-order chi connectivity index (χ0) is 22.7. The smallest absolute Gasteiger partial charge is 0.241 e. The summed E-state index contributed by atoms with van der Waals surface area (Å²) in [5, 5.41) is 8.08. The van der Waals surface area contributed by atoms with Crippen LogP contribution in [0.1, 0.15) is 44.1 Å². The molecule has 9 nitrogen and oxygen atoms in total. The predicted octanol–water partition coefficient (Wildman–Crippen LogP) is 0.267. The van der Waals surface area contributed by atoms with Gasteiger partial charge in [-0.3, -0.25) is 15.0 Å². The molecule has 0 aromatic heterocycles. The van der Waals surface area contributed by atoms with E-state index >= 15 is 0 Å². The number of fused-ring (bicyclic) bond motifs is 1. The lowest BCUT2D eigenvalue weighted by atomic mass is 9.81. The molecule has 10 heteroatoms. The quantitative estimate of drug-likeness (QED) is 0.478. The molecule has 176 valence electrons. The summed E-state index contributed by atoms with van der Waals surface area (Å²) in [5.74, 6) is 0.470. The van der Waals surface area contributed by atoms with Crippen LogP contribution in [0.3, 0.4) is 0 Å². The number of likely N-dealkylation sites (tertiary alicyclic amines) is 1. The normalized spacial score (nSPS) is 26.5. The molecular formula is C22H33N5O4S. The monoisotopic (exact) mass is 463 g/mol. The van der Waals surface area contributed by atoms with Gasteiger partial charge in [0.25, 0.3) is 0 Å². The standard InChI is InChI=1S/C22H33N5O4S/c23-32(30,31)17-7-5-15(6-8-17)9-12-24-21(28)16-10-13-27(14-11-16)22(29)20-18-3-1-2-4-19(18)25-26-20/h5-8,16,18-20,25-26H,1-4,9-14H2,(H,24,28)(H2,23,30,31). The van der Waals surface area contributed by atoms with E-state index in [1.807, 2.05) is 4.90 Å². The highest BCUT2D eigenvalue weighted by atomic mass is 32.2. The Kier molecular flexibility index (Phi) is 7.14. The molecule has 2 saturated heterocycles. The number of hydrazine groups is 1. The number of carbonyl (C=O) groups is 2. The Hall–Kier alpha value is -2.01. The first-order chi connectivity index (χ1) is 15.3. The number of hydrogen-bond donors (Lipinski definition) is 4. The van der Waals surface area contributed by atoms with E-state index in [0.29, 0.717) is 50.9 Å². The Labute approximate surface area is 189 Å². The van der Waals surface area contributed by atoms with Crippen molar-refractivity contribution >= 4 is 21.8 Å². The highest BCUT2D eigenvalue weighted by Crippen LogP contribution is 2.31. The van der Waals surface area contributed by atoms with Crippen LogP contribution < -0.4 is 21.3 Å². The average Bonchev–Trinajstić information content (AvgIpc) is 3.22. The van der Waals surface area contributed by atoms with E-state index in [-0.39, 0.29) is 28.7 Å². The lowest BCUT2D eigenvalue weighted by molar-refractivity contribution is -0.138. The van der Waals surface area contributed by atoms with Crippen LogP contribution in [0.15, 0.2) is 29.2 Å². The highest BCUT2D eigenvalue weighted by molar-refractivity contribution is 7.89. The van der Waals surface area contributed by atoms with Gasteiger partial charge in [0, 0.05) is 37.5 Å². The molecular weight excluding hydrogens is 430 g/mol. The summed E-state index contributed by atoms with van der Waals surface area (Å²) in [4.78, 5) is 27.6. The second kappa shape index (κ2) is 9.86. The number of piperidine rings is 1. The molecule has 32 heavy (non-hydrogen) atoms. The lowest BCUT2D eigenvalue weighted by Crippen LogP contribution is -2.51. The molecule has 1 aromatic carbocycles. The maximum Gasteiger partial charge on any atom is 0.241 e. The Morgan fingerprint density at radius 3 is 2.41 bits per heavy atom. The van der Waals surface area contributed by atoms with Gasteiger partial charge in [-0.25, -0.2) is 19.0 Å². The van der Waals surface area contributed by atoms with Crippen molar-refractivity contribution in [1.29, 1.82) is 0 Å². The first-order valence-corrected chi connectivity index (χ1v) is 13.1. The fourth-order valence-corrected chi connectivity index (χ4v) is 5.68. The number of benzene rings is 1. The molecule has 1 aliphatic carbocycles. The van der Waals surface area contributed by atoms with Crippen molar-refractivity contribution in [2.75, 3.05) is 19.6 Å². The van der Waals surface area contributed by atoms with Crippen molar-refractivity contribution in [3.8, 4) is 0 Å². The number of rotatable bonds is 6. The van der Waals surface area contributed by atoms with Crippen LogP contribution in [-0.4, -0.2) is 56.9 Å². The summed E-state index contributed by atoms with van der Waals surface area (Å²) in [6, 6.07) is 6.62. The molecule has 2 amide bonds. The third-order valence-electron chi connectivity index (χ3n) is 7.08. The van der Waals surface area contributed by atoms with Crippen LogP contribution >= 0.6 is 0 Å². The minimum absolute atomic E-state index is 0.0197. The zero-order valence-corrected chi connectivity index (χ0v) is 19.1. The summed E-state index contributed by atoms with van der Waals surface area (Å²) < 4.78 is 22.6. The minimum Gasteiger partial charge on any atom is -0.356 e. The molecule has 0 radical (unpaired) electrons. The van der Waals surface area contributed by atoms with E-state index in [2.05, 4.69) is 16.2 Å². The molecule has 1 aromatic rings. The Morgan fingerprint density at radius 1 is 1.03 bits per heavy atom. The molecule has 2 aliphatic heterocycles. The fourth-order valence-electron chi connectivity index (χ4n) is 5.17. The third kappa shape index (κ3) is 5.31. The van der Waals surface area contributed by atoms with Gasteiger partial charge in [0.1, 0.15) is 6.04 Å². The average molecular weight is 464 g/mol. The van der Waals surface area contributed by atoms with Gasteiger partial charge in [0.15, 0.2) is 0 Å². The van der Waals surface area contributed by atoms with E-state index in [9.17, 15) is 18.0 Å². The number of nitrogens with one attached hydrogen (secondary N) is 3. The Morgan fingerprint density at radius 2 is 1.72 bits per heavy atom. The van der Waals surface area contributed by atoms with Crippen molar-refractivity contribution in [3.63, 3.8) is 0 Å². The van der Waals surface area contributed by atoms with E-state index < -0.39 is 10.0 Å². The van der Waals surface area contributed by atoms with Gasteiger partial charge in [-0.1, -0.05) is 25.0 Å². The molecule has 3 unspecified atom stereocenters. The van der Waals surface area contributed by atoms with Crippen LogP contribution in [0.4, 0.5) is 0 Å². The molecule has 5 N–H and O–H groups in total. The highest BCUT2D eigenvalue weighted by Gasteiger charge is 2.43. The van der Waals surface area contributed by atoms with E-state index in [1.54, 1.807) is 12.1 Å². The fraction of sp³-hybridized carbons (Fsp3) is 0.636. The van der Waals surface area contributed by atoms with Crippen molar-refractivity contribution in [1.82, 2.24) is 21.1 Å². The van der Waals surface area contributed by atoms with E-state index in [4.69, 9.17) is 5.14 Å². The first-order valence-electron chi connectivity index (χ1n) is 11.5. The minimum atomic E-state index is -3.70. The summed E-state index contributed by atoms with van der Waals surface area (Å²) in [5.41, 5.74) is 7.46. The predicted molar refractivity (Wildman–Crippen MR) is 120 cm³/mol. The van der Waals surface area contributed by atoms with Gasteiger partial charge < -0.3 is 10.2 Å². The molecule has 2 heterocycles. The number of hydrogen-bond acceptors (Lipinski definition) is 6. The maximum atomic E-state index is 13.0. The molecule has 4 rings (SSSR count). The molecule has 3 atom stereocenters. The number of amides is 2. The topological polar surface area (TPSA) is 134 Å². The summed E-state index contributed by atoms with van der Waals surface area (Å²) in [7, 11) is -3.70. The summed E-state index contributed by atoms with van der Waals surface area (Å²) in [6.07, 6.45) is 6.58. The van der Waals surface area contributed by atoms with Crippen molar-refractivity contribution < 1.29 is 18.0 Å². The molecule has 3 aliphatic rings. The summed E-state index contributed by atoms with van der Waals surface area (Å²) in [6.45, 7) is 1.70. The first kappa shape index (κ1) is 23.2. The Bertz CT molecular complexity index is 928.